The minimum atomic E-state index is -1.21. The molecule has 0 unspecified atom stereocenters. The first-order valence-corrected chi connectivity index (χ1v) is 8.87. The largest absolute Gasteiger partial charge is 0.478 e. The van der Waals surface area contributed by atoms with E-state index in [0.29, 0.717) is 20.5 Å². The van der Waals surface area contributed by atoms with Gasteiger partial charge < -0.3 is 10.4 Å². The van der Waals surface area contributed by atoms with Crippen molar-refractivity contribution in [1.29, 1.82) is 0 Å². The summed E-state index contributed by atoms with van der Waals surface area (Å²) >= 11 is 13.2. The molecule has 132 valence electrons. The number of carboxylic acid groups (broad SMARTS) is 1. The maximum absolute atomic E-state index is 13.0. The molecule has 0 radical (unpaired) electrons. The molecule has 0 spiro atoms. The van der Waals surface area contributed by atoms with E-state index in [1.54, 1.807) is 12.1 Å². The predicted octanol–water partition coefficient (Wildman–Crippen LogP) is 5.81. The summed E-state index contributed by atoms with van der Waals surface area (Å²) < 4.78 is 13.0. The molecule has 3 aromatic rings. The number of anilines is 1. The number of aromatic carboxylic acids is 1. The van der Waals surface area contributed by atoms with Crippen molar-refractivity contribution in [1.82, 2.24) is 0 Å². The van der Waals surface area contributed by atoms with Gasteiger partial charge in [-0.05, 0) is 36.4 Å². The number of thiophene rings is 1. The van der Waals surface area contributed by atoms with E-state index in [-0.39, 0.29) is 16.8 Å². The van der Waals surface area contributed by atoms with Gasteiger partial charge in [0.05, 0.1) is 15.6 Å². The summed E-state index contributed by atoms with van der Waals surface area (Å²) in [4.78, 5) is 24.4. The smallest absolute Gasteiger partial charge is 0.339 e. The zero-order valence-corrected chi connectivity index (χ0v) is 15.3. The molecule has 26 heavy (non-hydrogen) atoms. The third-order valence-corrected chi connectivity index (χ3v) is 5.10. The highest BCUT2D eigenvalue weighted by atomic mass is 35.5. The van der Waals surface area contributed by atoms with E-state index in [1.165, 1.54) is 23.6 Å². The number of hydrogen-bond donors (Lipinski definition) is 2. The Labute approximate surface area is 161 Å². The fraction of sp³-hybridized carbons (Fsp3) is 0. The van der Waals surface area contributed by atoms with Gasteiger partial charge in [-0.2, -0.15) is 0 Å². The first-order chi connectivity index (χ1) is 12.4. The number of carbonyl (C=O) groups is 2. The highest BCUT2D eigenvalue weighted by Gasteiger charge is 2.23. The molecular weight excluding hydrogens is 400 g/mol. The van der Waals surface area contributed by atoms with Crippen LogP contribution in [0.4, 0.5) is 10.1 Å². The number of rotatable bonds is 4. The first-order valence-electron chi connectivity index (χ1n) is 7.24. The molecule has 0 bridgehead atoms. The summed E-state index contributed by atoms with van der Waals surface area (Å²) in [6, 6.07) is 9.67. The van der Waals surface area contributed by atoms with E-state index >= 15 is 0 Å². The molecule has 0 atom stereocenters. The molecule has 1 aromatic heterocycles. The van der Waals surface area contributed by atoms with Crippen LogP contribution in [0.5, 0.6) is 0 Å². The minimum Gasteiger partial charge on any atom is -0.478 e. The molecule has 2 aromatic carbocycles. The van der Waals surface area contributed by atoms with E-state index in [2.05, 4.69) is 5.32 Å². The summed E-state index contributed by atoms with van der Waals surface area (Å²) in [5, 5.41) is 14.4. The van der Waals surface area contributed by atoms with Crippen molar-refractivity contribution in [2.45, 2.75) is 0 Å². The average molecular weight is 410 g/mol. The Balaban J connectivity index is 1.98. The Kier molecular flexibility index (Phi) is 5.27. The summed E-state index contributed by atoms with van der Waals surface area (Å²) in [6.45, 7) is 0. The lowest BCUT2D eigenvalue weighted by Crippen LogP contribution is -2.14. The summed E-state index contributed by atoms with van der Waals surface area (Å²) in [7, 11) is 0. The van der Waals surface area contributed by atoms with Crippen LogP contribution in [0.25, 0.3) is 10.4 Å². The van der Waals surface area contributed by atoms with Crippen molar-refractivity contribution < 1.29 is 19.1 Å². The molecule has 0 saturated carbocycles. The normalized spacial score (nSPS) is 10.6. The maximum atomic E-state index is 13.0. The van der Waals surface area contributed by atoms with Gasteiger partial charge in [-0.3, -0.25) is 4.79 Å². The van der Waals surface area contributed by atoms with E-state index in [1.807, 2.05) is 0 Å². The third kappa shape index (κ3) is 3.72. The van der Waals surface area contributed by atoms with Crippen LogP contribution in [0.3, 0.4) is 0 Å². The summed E-state index contributed by atoms with van der Waals surface area (Å²) in [6.07, 6.45) is 0. The number of carbonyl (C=O) groups excluding carboxylic acids is 1. The van der Waals surface area contributed by atoms with Gasteiger partial charge in [-0.1, -0.05) is 29.3 Å². The van der Waals surface area contributed by atoms with E-state index in [0.717, 1.165) is 23.5 Å². The number of amides is 1. The molecule has 0 fully saturated rings. The molecule has 4 nitrogen and oxygen atoms in total. The zero-order valence-electron chi connectivity index (χ0n) is 12.9. The van der Waals surface area contributed by atoms with Gasteiger partial charge in [0.25, 0.3) is 5.91 Å². The number of benzene rings is 2. The highest BCUT2D eigenvalue weighted by molar-refractivity contribution is 7.14. The Morgan fingerprint density at radius 1 is 1.08 bits per heavy atom. The molecule has 0 aliphatic rings. The molecule has 0 aliphatic heterocycles. The van der Waals surface area contributed by atoms with Crippen molar-refractivity contribution >= 4 is 52.1 Å². The van der Waals surface area contributed by atoms with Gasteiger partial charge in [0.2, 0.25) is 0 Å². The van der Waals surface area contributed by atoms with Crippen LogP contribution in [0.2, 0.25) is 10.0 Å². The molecule has 1 amide bonds. The van der Waals surface area contributed by atoms with E-state index in [9.17, 15) is 19.1 Å². The van der Waals surface area contributed by atoms with Crippen LogP contribution < -0.4 is 5.32 Å². The average Bonchev–Trinajstić information content (AvgIpc) is 2.99. The van der Waals surface area contributed by atoms with Crippen LogP contribution in [0.1, 0.15) is 20.7 Å². The van der Waals surface area contributed by atoms with Gasteiger partial charge in [-0.25, -0.2) is 9.18 Å². The summed E-state index contributed by atoms with van der Waals surface area (Å²) in [5.41, 5.74) is 0.772. The Morgan fingerprint density at radius 3 is 2.38 bits per heavy atom. The van der Waals surface area contributed by atoms with Gasteiger partial charge in [0, 0.05) is 21.5 Å². The maximum Gasteiger partial charge on any atom is 0.339 e. The van der Waals surface area contributed by atoms with Crippen LogP contribution in [-0.4, -0.2) is 17.0 Å². The van der Waals surface area contributed by atoms with E-state index < -0.39 is 17.7 Å². The van der Waals surface area contributed by atoms with Gasteiger partial charge in [0.1, 0.15) is 11.4 Å². The Bertz CT molecular complexity index is 1000. The quantitative estimate of drug-likeness (QED) is 0.570. The molecule has 1 heterocycles. The van der Waals surface area contributed by atoms with Crippen LogP contribution in [0.15, 0.2) is 47.8 Å². The van der Waals surface area contributed by atoms with E-state index in [4.69, 9.17) is 23.2 Å². The second-order valence-corrected chi connectivity index (χ2v) is 6.97. The molecular formula is C18H10Cl2FNO3S. The lowest BCUT2D eigenvalue weighted by atomic mass is 10.1. The predicted molar refractivity (Wildman–Crippen MR) is 101 cm³/mol. The van der Waals surface area contributed by atoms with Gasteiger partial charge in [0.15, 0.2) is 0 Å². The third-order valence-electron chi connectivity index (χ3n) is 3.54. The highest BCUT2D eigenvalue weighted by Crippen LogP contribution is 2.40. The molecule has 0 aliphatic carbocycles. The van der Waals surface area contributed by atoms with Gasteiger partial charge in [-0.15, -0.1) is 11.3 Å². The number of hydrogen-bond acceptors (Lipinski definition) is 3. The number of nitrogens with one attached hydrogen (secondary N) is 1. The first kappa shape index (κ1) is 18.4. The lowest BCUT2D eigenvalue weighted by Gasteiger charge is -2.07. The zero-order chi connectivity index (χ0) is 18.8. The SMILES string of the molecule is O=C(Nc1csc(-c2ccc(Cl)cc2Cl)c1C(=O)O)c1ccc(F)cc1. The Hall–Kier alpha value is -2.41. The monoisotopic (exact) mass is 409 g/mol. The fourth-order valence-corrected chi connectivity index (χ4v) is 3.92. The minimum absolute atomic E-state index is 0.0744. The van der Waals surface area contributed by atoms with Crippen molar-refractivity contribution in [3.8, 4) is 10.4 Å². The molecule has 3 rings (SSSR count). The molecule has 2 N–H and O–H groups in total. The topological polar surface area (TPSA) is 66.4 Å². The lowest BCUT2D eigenvalue weighted by molar-refractivity contribution is 0.0699. The second-order valence-electron chi connectivity index (χ2n) is 5.24. The van der Waals surface area contributed by atoms with Crippen molar-refractivity contribution in [2.75, 3.05) is 5.32 Å². The number of carboxylic acids is 1. The van der Waals surface area contributed by atoms with Crippen LogP contribution in [-0.2, 0) is 0 Å². The van der Waals surface area contributed by atoms with Gasteiger partial charge >= 0.3 is 5.97 Å². The van der Waals surface area contributed by atoms with Crippen LogP contribution in [0, 0.1) is 5.82 Å². The standard InChI is InChI=1S/C18H10Cl2FNO3S/c19-10-3-6-12(13(20)7-10)16-15(18(24)25)14(8-26-16)22-17(23)9-1-4-11(21)5-2-9/h1-8H,(H,22,23)(H,24,25). The Morgan fingerprint density at radius 2 is 1.77 bits per heavy atom. The van der Waals surface area contributed by atoms with Crippen molar-refractivity contribution in [3.63, 3.8) is 0 Å². The fourth-order valence-electron chi connectivity index (χ4n) is 2.33. The number of halogens is 3. The van der Waals surface area contributed by atoms with Crippen molar-refractivity contribution in [2.24, 2.45) is 0 Å². The summed E-state index contributed by atoms with van der Waals surface area (Å²) in [5.74, 6) is -2.22. The second kappa shape index (κ2) is 7.45. The molecule has 0 saturated heterocycles. The molecule has 8 heteroatoms. The van der Waals surface area contributed by atoms with Crippen molar-refractivity contribution in [3.05, 3.63) is 74.8 Å². The van der Waals surface area contributed by atoms with Crippen LogP contribution >= 0.6 is 34.5 Å².